The van der Waals surface area contributed by atoms with Crippen molar-refractivity contribution in [2.24, 2.45) is 0 Å². The third-order valence-electron chi connectivity index (χ3n) is 1.90. The van der Waals surface area contributed by atoms with Crippen molar-refractivity contribution in [3.63, 3.8) is 0 Å². The van der Waals surface area contributed by atoms with Gasteiger partial charge in [-0.05, 0) is 6.07 Å². The summed E-state index contributed by atoms with van der Waals surface area (Å²) >= 11 is 4.46. The van der Waals surface area contributed by atoms with Crippen LogP contribution in [0.2, 0.25) is 0 Å². The number of benzene rings is 1. The van der Waals surface area contributed by atoms with Gasteiger partial charge in [0.25, 0.3) is 0 Å². The van der Waals surface area contributed by atoms with Gasteiger partial charge in [-0.3, -0.25) is 4.79 Å². The molecule has 0 aliphatic rings. The Morgan fingerprint density at radius 1 is 1.44 bits per heavy atom. The Morgan fingerprint density at radius 3 is 2.56 bits per heavy atom. The molecule has 0 bridgehead atoms. The molecule has 2 N–H and O–H groups in total. The first-order valence-corrected chi connectivity index (χ1v) is 4.98. The van der Waals surface area contributed by atoms with E-state index in [4.69, 9.17) is 5.11 Å². The zero-order chi connectivity index (χ0) is 12.1. The lowest BCUT2D eigenvalue weighted by Gasteiger charge is -2.14. The number of hydrogen-bond donors (Lipinski definition) is 2. The van der Waals surface area contributed by atoms with Crippen LogP contribution in [0.15, 0.2) is 24.3 Å². The average molecular weight is 242 g/mol. The maximum atomic E-state index is 13.3. The highest BCUT2D eigenvalue weighted by molar-refractivity contribution is 7.81. The molecule has 0 saturated carbocycles. The molecular formula is C10H9FNO3S. The summed E-state index contributed by atoms with van der Waals surface area (Å²) < 4.78 is 13.3. The summed E-state index contributed by atoms with van der Waals surface area (Å²) in [6.07, 6.45) is 0. The molecule has 4 nitrogen and oxygen atoms in total. The van der Waals surface area contributed by atoms with Crippen LogP contribution in [0.5, 0.6) is 0 Å². The zero-order valence-corrected chi connectivity index (χ0v) is 8.96. The number of nitrogens with one attached hydrogen (secondary N) is 1. The molecule has 0 aromatic heterocycles. The number of carboxylic acid groups (broad SMARTS) is 1. The Labute approximate surface area is 96.9 Å². The third kappa shape index (κ3) is 2.96. The van der Waals surface area contributed by atoms with E-state index < -0.39 is 23.7 Å². The molecule has 0 aliphatic carbocycles. The summed E-state index contributed by atoms with van der Waals surface area (Å²) in [5, 5.41) is 11.0. The molecule has 1 aromatic rings. The zero-order valence-electron chi connectivity index (χ0n) is 8.14. The Hall–Kier alpha value is -1.56. The fraction of sp³-hybridized carbons (Fsp3) is 0.200. The summed E-state index contributed by atoms with van der Waals surface area (Å²) in [5.74, 6) is -2.90. The van der Waals surface area contributed by atoms with Crippen LogP contribution >= 0.6 is 12.6 Å². The first-order valence-electron chi connectivity index (χ1n) is 4.41. The second-order valence-corrected chi connectivity index (χ2v) is 3.29. The first kappa shape index (κ1) is 12.5. The highest BCUT2D eigenvalue weighted by Gasteiger charge is 2.24. The number of halogens is 1. The predicted octanol–water partition coefficient (Wildman–Crippen LogP) is 1.27. The SMILES string of the molecule is O=C(C[S])NC(C(=O)O)c1ccccc1F. The molecular weight excluding hydrogens is 233 g/mol. The highest BCUT2D eigenvalue weighted by Crippen LogP contribution is 2.16. The van der Waals surface area contributed by atoms with Crippen molar-refractivity contribution in [1.82, 2.24) is 5.32 Å². The molecule has 1 amide bonds. The van der Waals surface area contributed by atoms with E-state index in [-0.39, 0.29) is 11.3 Å². The number of rotatable bonds is 4. The Morgan fingerprint density at radius 2 is 2.06 bits per heavy atom. The van der Waals surface area contributed by atoms with E-state index in [2.05, 4.69) is 17.9 Å². The second kappa shape index (κ2) is 5.50. The minimum Gasteiger partial charge on any atom is -0.479 e. The van der Waals surface area contributed by atoms with Crippen molar-refractivity contribution in [2.75, 3.05) is 5.75 Å². The van der Waals surface area contributed by atoms with Crippen molar-refractivity contribution in [1.29, 1.82) is 0 Å². The van der Waals surface area contributed by atoms with E-state index in [1.54, 1.807) is 0 Å². The van der Waals surface area contributed by atoms with Gasteiger partial charge in [-0.25, -0.2) is 9.18 Å². The summed E-state index contributed by atoms with van der Waals surface area (Å²) in [4.78, 5) is 21.9. The fourth-order valence-corrected chi connectivity index (χ4v) is 1.27. The number of hydrogen-bond acceptors (Lipinski definition) is 2. The molecule has 1 radical (unpaired) electrons. The van der Waals surface area contributed by atoms with E-state index in [0.717, 1.165) is 6.07 Å². The van der Waals surface area contributed by atoms with Crippen LogP contribution in [0.4, 0.5) is 4.39 Å². The molecule has 0 aliphatic heterocycles. The van der Waals surface area contributed by atoms with Gasteiger partial charge < -0.3 is 10.4 Å². The van der Waals surface area contributed by atoms with Gasteiger partial charge >= 0.3 is 5.97 Å². The summed E-state index contributed by atoms with van der Waals surface area (Å²) in [6.45, 7) is 0. The minimum absolute atomic E-state index is 0.0909. The lowest BCUT2D eigenvalue weighted by Crippen LogP contribution is -2.35. The van der Waals surface area contributed by atoms with E-state index in [0.29, 0.717) is 0 Å². The number of carbonyl (C=O) groups excluding carboxylic acids is 1. The molecule has 0 spiro atoms. The molecule has 1 atom stereocenters. The van der Waals surface area contributed by atoms with Gasteiger partial charge in [0.05, 0.1) is 5.75 Å². The largest absolute Gasteiger partial charge is 0.479 e. The Kier molecular flexibility index (Phi) is 4.30. The Bertz CT molecular complexity index is 411. The van der Waals surface area contributed by atoms with Crippen molar-refractivity contribution in [3.05, 3.63) is 35.6 Å². The lowest BCUT2D eigenvalue weighted by atomic mass is 10.1. The maximum absolute atomic E-state index is 13.3. The average Bonchev–Trinajstić information content (AvgIpc) is 2.26. The number of aliphatic carboxylic acids is 1. The molecule has 1 rings (SSSR count). The van der Waals surface area contributed by atoms with Crippen molar-refractivity contribution in [2.45, 2.75) is 6.04 Å². The summed E-state index contributed by atoms with van der Waals surface area (Å²) in [5.41, 5.74) is -0.0909. The first-order chi connectivity index (χ1) is 7.56. The lowest BCUT2D eigenvalue weighted by molar-refractivity contribution is -0.141. The molecule has 0 fully saturated rings. The topological polar surface area (TPSA) is 66.4 Å². The van der Waals surface area contributed by atoms with Crippen LogP contribution in [0.1, 0.15) is 11.6 Å². The van der Waals surface area contributed by atoms with Gasteiger partial charge in [0.1, 0.15) is 5.82 Å². The molecule has 1 unspecified atom stereocenters. The van der Waals surface area contributed by atoms with Gasteiger partial charge in [0, 0.05) is 5.56 Å². The second-order valence-electron chi connectivity index (χ2n) is 3.00. The van der Waals surface area contributed by atoms with Crippen molar-refractivity contribution < 1.29 is 19.1 Å². The quantitative estimate of drug-likeness (QED) is 0.835. The van der Waals surface area contributed by atoms with Gasteiger partial charge in [-0.2, -0.15) is 0 Å². The number of amides is 1. The van der Waals surface area contributed by atoms with Gasteiger partial charge in [-0.15, -0.1) is 0 Å². The van der Waals surface area contributed by atoms with E-state index in [1.165, 1.54) is 18.2 Å². The standard InChI is InChI=1S/C10H9FNO3S/c11-7-4-2-1-3-6(7)9(10(14)15)12-8(13)5-16/h1-4,9H,5H2,(H,12,13)(H,14,15). The van der Waals surface area contributed by atoms with Gasteiger partial charge in [-0.1, -0.05) is 30.8 Å². The molecule has 16 heavy (non-hydrogen) atoms. The summed E-state index contributed by atoms with van der Waals surface area (Å²) in [7, 11) is 0. The number of carboxylic acids is 1. The fourth-order valence-electron chi connectivity index (χ4n) is 1.18. The highest BCUT2D eigenvalue weighted by atomic mass is 32.1. The van der Waals surface area contributed by atoms with E-state index >= 15 is 0 Å². The maximum Gasteiger partial charge on any atom is 0.331 e. The van der Waals surface area contributed by atoms with Gasteiger partial charge in [0.15, 0.2) is 6.04 Å². The van der Waals surface area contributed by atoms with Crippen LogP contribution in [0, 0.1) is 5.82 Å². The molecule has 1 aromatic carbocycles. The molecule has 0 heterocycles. The smallest absolute Gasteiger partial charge is 0.331 e. The van der Waals surface area contributed by atoms with Crippen molar-refractivity contribution in [3.8, 4) is 0 Å². The third-order valence-corrected chi connectivity index (χ3v) is 2.16. The monoisotopic (exact) mass is 242 g/mol. The van der Waals surface area contributed by atoms with E-state index in [1.807, 2.05) is 0 Å². The van der Waals surface area contributed by atoms with Crippen LogP contribution < -0.4 is 5.32 Å². The molecule has 6 heteroatoms. The Balaban J connectivity index is 2.99. The van der Waals surface area contributed by atoms with E-state index in [9.17, 15) is 14.0 Å². The molecule has 0 saturated heterocycles. The number of carbonyl (C=O) groups is 2. The summed E-state index contributed by atoms with van der Waals surface area (Å²) in [6, 6.07) is 3.96. The normalized spacial score (nSPS) is 11.9. The van der Waals surface area contributed by atoms with Crippen LogP contribution in [-0.4, -0.2) is 22.7 Å². The minimum atomic E-state index is -1.41. The van der Waals surface area contributed by atoms with Crippen LogP contribution in [0.3, 0.4) is 0 Å². The van der Waals surface area contributed by atoms with Crippen molar-refractivity contribution >= 4 is 24.5 Å². The van der Waals surface area contributed by atoms with Gasteiger partial charge in [0.2, 0.25) is 5.91 Å². The predicted molar refractivity (Wildman–Crippen MR) is 57.4 cm³/mol. The van der Waals surface area contributed by atoms with Crippen LogP contribution in [-0.2, 0) is 9.59 Å². The molecule has 85 valence electrons. The van der Waals surface area contributed by atoms with Crippen LogP contribution in [0.25, 0.3) is 0 Å².